The van der Waals surface area contributed by atoms with Crippen molar-refractivity contribution < 1.29 is 18.4 Å². The number of rotatable bonds is 7. The largest absolute Gasteiger partial charge is 0.352 e. The highest BCUT2D eigenvalue weighted by molar-refractivity contribution is 6.36. The van der Waals surface area contributed by atoms with Crippen LogP contribution in [0.5, 0.6) is 0 Å². The Morgan fingerprint density at radius 1 is 0.871 bits per heavy atom. The zero-order valence-corrected chi connectivity index (χ0v) is 17.8. The summed E-state index contributed by atoms with van der Waals surface area (Å²) in [6, 6.07) is 15.2. The minimum atomic E-state index is -0.451. The lowest BCUT2D eigenvalue weighted by atomic mass is 10.1. The minimum Gasteiger partial charge on any atom is -0.352 e. The Morgan fingerprint density at radius 3 is 2.10 bits per heavy atom. The van der Waals surface area contributed by atoms with Crippen molar-refractivity contribution in [2.45, 2.75) is 6.42 Å². The van der Waals surface area contributed by atoms with Gasteiger partial charge >= 0.3 is 0 Å². The molecule has 0 aromatic heterocycles. The third kappa shape index (κ3) is 6.03. The van der Waals surface area contributed by atoms with Gasteiger partial charge in [0.2, 0.25) is 0 Å². The van der Waals surface area contributed by atoms with Crippen LogP contribution in [0, 0.1) is 11.6 Å². The molecule has 160 valence electrons. The van der Waals surface area contributed by atoms with E-state index in [-0.39, 0.29) is 29.9 Å². The van der Waals surface area contributed by atoms with Gasteiger partial charge in [0.05, 0.1) is 10.6 Å². The van der Waals surface area contributed by atoms with Crippen molar-refractivity contribution in [3.05, 3.63) is 99.5 Å². The molecule has 3 rings (SSSR count). The number of nitrogens with one attached hydrogen (secondary N) is 1. The summed E-state index contributed by atoms with van der Waals surface area (Å²) in [5, 5.41) is 3.41. The average Bonchev–Trinajstić information content (AvgIpc) is 2.74. The van der Waals surface area contributed by atoms with Gasteiger partial charge in [0, 0.05) is 29.4 Å². The van der Waals surface area contributed by atoms with Crippen LogP contribution in [0.4, 0.5) is 14.5 Å². The molecule has 0 aliphatic heterocycles. The quantitative estimate of drug-likeness (QED) is 0.455. The predicted molar refractivity (Wildman–Crippen MR) is 118 cm³/mol. The van der Waals surface area contributed by atoms with Gasteiger partial charge in [-0.3, -0.25) is 9.59 Å². The van der Waals surface area contributed by atoms with Crippen LogP contribution in [0.15, 0.2) is 66.7 Å². The monoisotopic (exact) mass is 462 g/mol. The molecule has 0 saturated heterocycles. The molecule has 0 radical (unpaired) electrons. The van der Waals surface area contributed by atoms with Crippen LogP contribution in [0.1, 0.15) is 27.1 Å². The number of halogens is 4. The summed E-state index contributed by atoms with van der Waals surface area (Å²) >= 11 is 11.9. The van der Waals surface area contributed by atoms with Crippen molar-refractivity contribution in [3.8, 4) is 0 Å². The van der Waals surface area contributed by atoms with Gasteiger partial charge in [0.1, 0.15) is 11.6 Å². The van der Waals surface area contributed by atoms with E-state index in [0.29, 0.717) is 28.3 Å². The fraction of sp³-hybridized carbons (Fsp3) is 0.130. The van der Waals surface area contributed by atoms with Gasteiger partial charge in [-0.1, -0.05) is 23.2 Å². The van der Waals surface area contributed by atoms with Gasteiger partial charge in [-0.2, -0.15) is 0 Å². The van der Waals surface area contributed by atoms with Crippen molar-refractivity contribution in [1.82, 2.24) is 5.32 Å². The van der Waals surface area contributed by atoms with E-state index in [1.54, 1.807) is 6.07 Å². The summed E-state index contributed by atoms with van der Waals surface area (Å²) in [6.07, 6.45) is 0.418. The van der Waals surface area contributed by atoms with Crippen LogP contribution in [0.3, 0.4) is 0 Å². The summed E-state index contributed by atoms with van der Waals surface area (Å²) < 4.78 is 26.5. The molecule has 4 nitrogen and oxygen atoms in total. The number of amides is 2. The van der Waals surface area contributed by atoms with Crippen LogP contribution in [0.2, 0.25) is 10.0 Å². The number of hydrogen-bond acceptors (Lipinski definition) is 2. The van der Waals surface area contributed by atoms with Crippen LogP contribution in [-0.4, -0.2) is 24.9 Å². The van der Waals surface area contributed by atoms with Gasteiger partial charge < -0.3 is 10.2 Å². The van der Waals surface area contributed by atoms with E-state index >= 15 is 0 Å². The van der Waals surface area contributed by atoms with E-state index < -0.39 is 11.6 Å². The lowest BCUT2D eigenvalue weighted by Crippen LogP contribution is -2.34. The van der Waals surface area contributed by atoms with Gasteiger partial charge in [0.25, 0.3) is 11.8 Å². The normalized spacial score (nSPS) is 10.6. The molecule has 3 aromatic carbocycles. The molecular formula is C23H18Cl2F2N2O2. The first kappa shape index (κ1) is 22.7. The molecule has 0 saturated carbocycles. The molecule has 0 spiro atoms. The maximum atomic E-state index is 13.3. The second-order valence-corrected chi connectivity index (χ2v) is 7.52. The van der Waals surface area contributed by atoms with E-state index in [2.05, 4.69) is 5.32 Å². The van der Waals surface area contributed by atoms with Gasteiger partial charge in [0.15, 0.2) is 0 Å². The Balaban J connectivity index is 1.67. The van der Waals surface area contributed by atoms with Crippen molar-refractivity contribution in [2.75, 3.05) is 18.0 Å². The maximum Gasteiger partial charge on any atom is 0.258 e. The highest BCUT2D eigenvalue weighted by Crippen LogP contribution is 2.21. The third-order valence-corrected chi connectivity index (χ3v) is 5.04. The van der Waals surface area contributed by atoms with Crippen LogP contribution < -0.4 is 10.2 Å². The Hall–Kier alpha value is -2.96. The Labute approximate surface area is 188 Å². The first-order chi connectivity index (χ1) is 14.8. The van der Waals surface area contributed by atoms with Crippen LogP contribution in [-0.2, 0) is 0 Å². The van der Waals surface area contributed by atoms with Crippen LogP contribution >= 0.6 is 23.2 Å². The van der Waals surface area contributed by atoms with E-state index in [0.717, 1.165) is 0 Å². The first-order valence-corrected chi connectivity index (χ1v) is 10.2. The molecule has 0 bridgehead atoms. The van der Waals surface area contributed by atoms with E-state index in [1.165, 1.54) is 65.6 Å². The van der Waals surface area contributed by atoms with E-state index in [4.69, 9.17) is 23.2 Å². The number of anilines is 1. The van der Waals surface area contributed by atoms with Crippen molar-refractivity contribution in [2.24, 2.45) is 0 Å². The van der Waals surface area contributed by atoms with Crippen molar-refractivity contribution >= 4 is 40.7 Å². The van der Waals surface area contributed by atoms with E-state index in [9.17, 15) is 18.4 Å². The second-order valence-electron chi connectivity index (χ2n) is 6.67. The lowest BCUT2D eigenvalue weighted by Gasteiger charge is -2.23. The summed E-state index contributed by atoms with van der Waals surface area (Å²) in [5.41, 5.74) is 1.08. The molecule has 0 atom stereocenters. The van der Waals surface area contributed by atoms with Gasteiger partial charge in [-0.05, 0) is 73.2 Å². The molecule has 2 amide bonds. The summed E-state index contributed by atoms with van der Waals surface area (Å²) in [7, 11) is 0. The zero-order chi connectivity index (χ0) is 22.4. The smallest absolute Gasteiger partial charge is 0.258 e. The molecular weight excluding hydrogens is 445 g/mol. The molecule has 0 heterocycles. The SMILES string of the molecule is O=C(NCCCN(C(=O)c1ccc(F)cc1)c1ccc(F)cc1)c1ccc(Cl)cc1Cl. The third-order valence-electron chi connectivity index (χ3n) is 4.49. The molecule has 3 aromatic rings. The minimum absolute atomic E-state index is 0.240. The Kier molecular flexibility index (Phi) is 7.60. The highest BCUT2D eigenvalue weighted by Gasteiger charge is 2.18. The van der Waals surface area contributed by atoms with Crippen molar-refractivity contribution in [1.29, 1.82) is 0 Å². The summed E-state index contributed by atoms with van der Waals surface area (Å²) in [5.74, 6) is -1.60. The maximum absolute atomic E-state index is 13.3. The number of hydrogen-bond donors (Lipinski definition) is 1. The lowest BCUT2D eigenvalue weighted by molar-refractivity contribution is 0.0953. The molecule has 0 aliphatic rings. The molecule has 8 heteroatoms. The predicted octanol–water partition coefficient (Wildman–Crippen LogP) is 5.74. The molecule has 0 fully saturated rings. The average molecular weight is 463 g/mol. The fourth-order valence-corrected chi connectivity index (χ4v) is 3.42. The molecule has 1 N–H and O–H groups in total. The standard InChI is InChI=1S/C23H18Cl2F2N2O2/c24-16-4-11-20(21(25)14-16)22(30)28-12-1-13-29(19-9-7-18(27)8-10-19)23(31)15-2-5-17(26)6-3-15/h2-11,14H,1,12-13H2,(H,28,30). The topological polar surface area (TPSA) is 49.4 Å². The number of nitrogens with zero attached hydrogens (tertiary/aromatic N) is 1. The zero-order valence-electron chi connectivity index (χ0n) is 16.2. The van der Waals surface area contributed by atoms with Crippen LogP contribution in [0.25, 0.3) is 0 Å². The van der Waals surface area contributed by atoms with Gasteiger partial charge in [-0.25, -0.2) is 8.78 Å². The summed E-state index contributed by atoms with van der Waals surface area (Å²) in [4.78, 5) is 26.7. The Morgan fingerprint density at radius 2 is 1.48 bits per heavy atom. The number of carbonyl (C=O) groups is 2. The highest BCUT2D eigenvalue weighted by atomic mass is 35.5. The second kappa shape index (κ2) is 10.4. The molecule has 31 heavy (non-hydrogen) atoms. The molecule has 0 aliphatic carbocycles. The number of benzene rings is 3. The Bertz CT molecular complexity index is 1070. The fourth-order valence-electron chi connectivity index (χ4n) is 2.93. The summed E-state index contributed by atoms with van der Waals surface area (Å²) in [6.45, 7) is 0.517. The van der Waals surface area contributed by atoms with Gasteiger partial charge in [-0.15, -0.1) is 0 Å². The number of carbonyl (C=O) groups excluding carboxylic acids is 2. The van der Waals surface area contributed by atoms with E-state index in [1.807, 2.05) is 0 Å². The molecule has 0 unspecified atom stereocenters. The first-order valence-electron chi connectivity index (χ1n) is 9.41. The van der Waals surface area contributed by atoms with Crippen molar-refractivity contribution in [3.63, 3.8) is 0 Å².